The van der Waals surface area contributed by atoms with Crippen molar-refractivity contribution in [3.8, 4) is 5.75 Å². The molecule has 46 heavy (non-hydrogen) atoms. The summed E-state index contributed by atoms with van der Waals surface area (Å²) >= 11 is 0. The first kappa shape index (κ1) is 31.0. The van der Waals surface area contributed by atoms with Crippen molar-refractivity contribution >= 4 is 34.8 Å². The van der Waals surface area contributed by atoms with Gasteiger partial charge < -0.3 is 25.6 Å². The number of alkyl halides is 3. The molecule has 0 radical (unpaired) electrons. The van der Waals surface area contributed by atoms with Crippen LogP contribution in [0.3, 0.4) is 0 Å². The van der Waals surface area contributed by atoms with Crippen LogP contribution in [0.5, 0.6) is 5.75 Å². The SMILES string of the molecule is Cc1ccc(NC(=O)c2cccc(C(F)(F)F)c2)cc1N1CCc2nc(Nc3ccc(OCCC4CCCN4)cc3)ncc2C1=O. The van der Waals surface area contributed by atoms with Crippen molar-refractivity contribution in [1.29, 1.82) is 0 Å². The Hall–Kier alpha value is -4.97. The van der Waals surface area contributed by atoms with Crippen molar-refractivity contribution < 1.29 is 27.5 Å². The zero-order valence-corrected chi connectivity index (χ0v) is 25.2. The maximum atomic E-state index is 13.5. The third-order valence-electron chi connectivity index (χ3n) is 8.13. The Morgan fingerprint density at radius 2 is 1.89 bits per heavy atom. The number of rotatable bonds is 9. The molecule has 0 bridgehead atoms. The van der Waals surface area contributed by atoms with Gasteiger partial charge in [-0.3, -0.25) is 9.59 Å². The lowest BCUT2D eigenvalue weighted by molar-refractivity contribution is -0.137. The second-order valence-corrected chi connectivity index (χ2v) is 11.4. The fourth-order valence-electron chi connectivity index (χ4n) is 5.64. The summed E-state index contributed by atoms with van der Waals surface area (Å²) in [6.45, 7) is 3.91. The molecule has 1 unspecified atom stereocenters. The molecule has 12 heteroatoms. The number of ether oxygens (including phenoxy) is 1. The smallest absolute Gasteiger partial charge is 0.416 e. The zero-order chi connectivity index (χ0) is 32.3. The summed E-state index contributed by atoms with van der Waals surface area (Å²) in [5.41, 5.74) is 2.44. The monoisotopic (exact) mass is 630 g/mol. The number of fused-ring (bicyclic) bond motifs is 1. The molecule has 0 spiro atoms. The van der Waals surface area contributed by atoms with Crippen LogP contribution in [0.25, 0.3) is 0 Å². The molecule has 3 N–H and O–H groups in total. The van der Waals surface area contributed by atoms with Crippen LogP contribution in [0.15, 0.2) is 72.9 Å². The first-order valence-electron chi connectivity index (χ1n) is 15.1. The lowest BCUT2D eigenvalue weighted by Gasteiger charge is -2.29. The number of hydrogen-bond donors (Lipinski definition) is 3. The predicted octanol–water partition coefficient (Wildman–Crippen LogP) is 6.52. The van der Waals surface area contributed by atoms with Gasteiger partial charge in [-0.1, -0.05) is 12.1 Å². The van der Waals surface area contributed by atoms with Gasteiger partial charge in [0.1, 0.15) is 5.75 Å². The van der Waals surface area contributed by atoms with Crippen LogP contribution < -0.4 is 25.6 Å². The maximum Gasteiger partial charge on any atom is 0.416 e. The van der Waals surface area contributed by atoms with Gasteiger partial charge in [0.25, 0.3) is 11.8 Å². The summed E-state index contributed by atoms with van der Waals surface area (Å²) < 4.78 is 45.2. The van der Waals surface area contributed by atoms with Crippen molar-refractivity contribution in [2.45, 2.75) is 44.8 Å². The molecule has 3 heterocycles. The Morgan fingerprint density at radius 3 is 2.65 bits per heavy atom. The van der Waals surface area contributed by atoms with Crippen LogP contribution >= 0.6 is 0 Å². The molecule has 238 valence electrons. The normalized spacial score (nSPS) is 16.2. The lowest BCUT2D eigenvalue weighted by Crippen LogP contribution is -2.38. The van der Waals surface area contributed by atoms with Gasteiger partial charge in [0.15, 0.2) is 0 Å². The maximum absolute atomic E-state index is 13.5. The van der Waals surface area contributed by atoms with Crippen molar-refractivity contribution in [2.75, 3.05) is 35.2 Å². The summed E-state index contributed by atoms with van der Waals surface area (Å²) in [6, 6.07) is 17.3. The van der Waals surface area contributed by atoms with Gasteiger partial charge in [-0.2, -0.15) is 13.2 Å². The summed E-state index contributed by atoms with van der Waals surface area (Å²) in [5, 5.41) is 9.30. The van der Waals surface area contributed by atoms with Crippen LogP contribution in [-0.2, 0) is 12.6 Å². The molecule has 3 aromatic carbocycles. The highest BCUT2D eigenvalue weighted by atomic mass is 19.4. The number of benzene rings is 3. The summed E-state index contributed by atoms with van der Waals surface area (Å²) in [6.07, 6.45) is 0.797. The molecule has 2 aliphatic rings. The molecular formula is C34H33F3N6O3. The minimum Gasteiger partial charge on any atom is -0.494 e. The number of hydrogen-bond acceptors (Lipinski definition) is 7. The van der Waals surface area contributed by atoms with Gasteiger partial charge in [0, 0.05) is 47.8 Å². The van der Waals surface area contributed by atoms with E-state index >= 15 is 0 Å². The molecule has 2 aliphatic heterocycles. The van der Waals surface area contributed by atoms with E-state index in [0.29, 0.717) is 54.2 Å². The number of halogens is 3. The Labute approximate surface area is 264 Å². The van der Waals surface area contributed by atoms with E-state index < -0.39 is 17.6 Å². The first-order valence-corrected chi connectivity index (χ1v) is 15.1. The van der Waals surface area contributed by atoms with E-state index in [1.807, 2.05) is 31.2 Å². The van der Waals surface area contributed by atoms with Gasteiger partial charge in [-0.15, -0.1) is 0 Å². The molecule has 6 rings (SSSR count). The Bertz CT molecular complexity index is 1740. The summed E-state index contributed by atoms with van der Waals surface area (Å²) in [4.78, 5) is 36.9. The summed E-state index contributed by atoms with van der Waals surface area (Å²) in [7, 11) is 0. The summed E-state index contributed by atoms with van der Waals surface area (Å²) in [5.74, 6) is 0.182. The van der Waals surface area contributed by atoms with Gasteiger partial charge in [-0.25, -0.2) is 9.97 Å². The third-order valence-corrected chi connectivity index (χ3v) is 8.13. The van der Waals surface area contributed by atoms with Crippen molar-refractivity contribution in [1.82, 2.24) is 15.3 Å². The minimum atomic E-state index is -4.56. The van der Waals surface area contributed by atoms with Gasteiger partial charge in [-0.05, 0) is 92.9 Å². The van der Waals surface area contributed by atoms with E-state index in [2.05, 4.69) is 25.9 Å². The molecule has 9 nitrogen and oxygen atoms in total. The second kappa shape index (κ2) is 13.2. The number of carbonyl (C=O) groups excluding carboxylic acids is 2. The average Bonchev–Trinajstić information content (AvgIpc) is 3.56. The van der Waals surface area contributed by atoms with Crippen LogP contribution in [0, 0.1) is 6.92 Å². The first-order chi connectivity index (χ1) is 22.1. The van der Waals surface area contributed by atoms with Crippen LogP contribution in [0.4, 0.5) is 36.2 Å². The molecule has 1 saturated heterocycles. The third kappa shape index (κ3) is 7.12. The number of anilines is 4. The molecule has 4 aromatic rings. The number of amides is 2. The Balaban J connectivity index is 1.10. The van der Waals surface area contributed by atoms with Gasteiger partial charge in [0.2, 0.25) is 5.95 Å². The number of nitrogens with one attached hydrogen (secondary N) is 3. The molecular weight excluding hydrogens is 597 g/mol. The van der Waals surface area contributed by atoms with E-state index in [-0.39, 0.29) is 11.5 Å². The quantitative estimate of drug-likeness (QED) is 0.193. The Kier molecular flexibility index (Phi) is 8.89. The van der Waals surface area contributed by atoms with Crippen LogP contribution in [0.1, 0.15) is 56.8 Å². The second-order valence-electron chi connectivity index (χ2n) is 11.4. The highest BCUT2D eigenvalue weighted by Crippen LogP contribution is 2.32. The highest BCUT2D eigenvalue weighted by molar-refractivity contribution is 6.09. The number of carbonyl (C=O) groups is 2. The van der Waals surface area contributed by atoms with Crippen molar-refractivity contribution in [3.05, 3.63) is 101 Å². The Morgan fingerprint density at radius 1 is 1.09 bits per heavy atom. The van der Waals surface area contributed by atoms with E-state index in [9.17, 15) is 22.8 Å². The number of nitrogens with zero attached hydrogens (tertiary/aromatic N) is 3. The fraction of sp³-hybridized carbons (Fsp3) is 0.294. The van der Waals surface area contributed by atoms with Crippen molar-refractivity contribution in [3.63, 3.8) is 0 Å². The lowest BCUT2D eigenvalue weighted by atomic mass is 10.0. The highest BCUT2D eigenvalue weighted by Gasteiger charge is 2.31. The molecule has 1 fully saturated rings. The van der Waals surface area contributed by atoms with Crippen molar-refractivity contribution in [2.24, 2.45) is 0 Å². The van der Waals surface area contributed by atoms with E-state index in [1.165, 1.54) is 31.2 Å². The average molecular weight is 631 g/mol. The van der Waals surface area contributed by atoms with Crippen LogP contribution in [-0.4, -0.2) is 47.5 Å². The van der Waals surface area contributed by atoms with Gasteiger partial charge >= 0.3 is 6.18 Å². The topological polar surface area (TPSA) is 108 Å². The molecule has 0 saturated carbocycles. The number of aromatic nitrogens is 2. The zero-order valence-electron chi connectivity index (χ0n) is 25.2. The van der Waals surface area contributed by atoms with Gasteiger partial charge in [0.05, 0.1) is 23.4 Å². The predicted molar refractivity (Wildman–Crippen MR) is 169 cm³/mol. The van der Waals surface area contributed by atoms with E-state index in [0.717, 1.165) is 42.1 Å². The van der Waals surface area contributed by atoms with Crippen LogP contribution in [0.2, 0.25) is 0 Å². The standard InChI is InChI=1S/C34H33F3N6O3/c1-21-7-8-26(40-31(44)22-4-2-5-23(18-22)34(35,36)37)19-30(21)43-16-13-29-28(32(43)45)20-39-33(42-29)41-25-9-11-27(12-10-25)46-17-14-24-6-3-15-38-24/h2,4-5,7-12,18-20,24,38H,3,6,13-17H2,1H3,(H,40,44)(H,39,41,42). The number of aryl methyl sites for hydroxylation is 1. The largest absolute Gasteiger partial charge is 0.494 e. The molecule has 0 aliphatic carbocycles. The minimum absolute atomic E-state index is 0.127. The van der Waals surface area contributed by atoms with E-state index in [4.69, 9.17) is 4.74 Å². The molecule has 1 atom stereocenters. The fourth-order valence-corrected chi connectivity index (χ4v) is 5.64. The van der Waals surface area contributed by atoms with E-state index in [1.54, 1.807) is 23.1 Å². The molecule has 2 amide bonds. The molecule has 1 aromatic heterocycles.